The van der Waals surface area contributed by atoms with Gasteiger partial charge in [-0.25, -0.2) is 9.78 Å². The molecular weight excluding hydrogens is 382 g/mol. The number of hydrogen-bond donors (Lipinski definition) is 2. The van der Waals surface area contributed by atoms with Gasteiger partial charge in [-0.3, -0.25) is 4.79 Å². The highest BCUT2D eigenvalue weighted by atomic mass is 35.5. The molecule has 1 saturated carbocycles. The van der Waals surface area contributed by atoms with Crippen molar-refractivity contribution in [2.75, 3.05) is 38.1 Å². The predicted molar refractivity (Wildman–Crippen MR) is 108 cm³/mol. The summed E-state index contributed by atoms with van der Waals surface area (Å²) in [6, 6.07) is 0.162. The molecular formula is C19H20ClN5O3. The highest BCUT2D eigenvalue weighted by Crippen LogP contribution is 2.44. The highest BCUT2D eigenvalue weighted by molar-refractivity contribution is 6.40. The van der Waals surface area contributed by atoms with Gasteiger partial charge in [0.15, 0.2) is 0 Å². The van der Waals surface area contributed by atoms with Crippen molar-refractivity contribution in [2.24, 2.45) is 0 Å². The molecule has 2 aliphatic rings. The van der Waals surface area contributed by atoms with Crippen LogP contribution >= 0.6 is 11.6 Å². The number of carboxylic acids is 1. The molecule has 1 aliphatic carbocycles. The number of anilines is 1. The number of imidazole rings is 1. The minimum absolute atomic E-state index is 0.162. The van der Waals surface area contributed by atoms with Crippen molar-refractivity contribution in [3.05, 3.63) is 33.3 Å². The van der Waals surface area contributed by atoms with Gasteiger partial charge in [0, 0.05) is 38.4 Å². The van der Waals surface area contributed by atoms with Crippen LogP contribution in [0.25, 0.3) is 21.9 Å². The SMILES string of the molecule is CN1CCN(c2c(Cl)c3c(c(=O)c(C(=O)O)cn3C3CC3)c3nc[nH]c23)CC1. The van der Waals surface area contributed by atoms with Crippen LogP contribution < -0.4 is 10.3 Å². The third kappa shape index (κ3) is 2.51. The first-order valence-electron chi connectivity index (χ1n) is 9.37. The summed E-state index contributed by atoms with van der Waals surface area (Å²) < 4.78 is 1.87. The summed E-state index contributed by atoms with van der Waals surface area (Å²) in [4.78, 5) is 36.7. The van der Waals surface area contributed by atoms with Crippen LogP contribution in [0.5, 0.6) is 0 Å². The topological polar surface area (TPSA) is 94.5 Å². The maximum atomic E-state index is 13.0. The number of nitrogens with zero attached hydrogens (tertiary/aromatic N) is 4. The van der Waals surface area contributed by atoms with Gasteiger partial charge < -0.3 is 24.5 Å². The molecule has 1 aromatic carbocycles. The summed E-state index contributed by atoms with van der Waals surface area (Å²) in [5, 5.41) is 10.3. The number of H-pyrrole nitrogens is 1. The van der Waals surface area contributed by atoms with Gasteiger partial charge in [-0.05, 0) is 19.9 Å². The van der Waals surface area contributed by atoms with Gasteiger partial charge in [0.25, 0.3) is 0 Å². The summed E-state index contributed by atoms with van der Waals surface area (Å²) in [6.07, 6.45) is 4.86. The molecule has 2 N–H and O–H groups in total. The molecule has 0 spiro atoms. The number of pyridine rings is 1. The monoisotopic (exact) mass is 401 g/mol. The minimum atomic E-state index is -1.23. The van der Waals surface area contributed by atoms with E-state index in [0.29, 0.717) is 21.6 Å². The number of aromatic nitrogens is 3. The van der Waals surface area contributed by atoms with E-state index in [1.165, 1.54) is 12.5 Å². The molecule has 0 unspecified atom stereocenters. The number of piperazine rings is 1. The highest BCUT2D eigenvalue weighted by Gasteiger charge is 2.31. The van der Waals surface area contributed by atoms with Gasteiger partial charge in [-0.15, -0.1) is 0 Å². The first-order chi connectivity index (χ1) is 13.5. The van der Waals surface area contributed by atoms with Gasteiger partial charge in [-0.1, -0.05) is 11.6 Å². The van der Waals surface area contributed by atoms with E-state index in [4.69, 9.17) is 11.6 Å². The van der Waals surface area contributed by atoms with Crippen LogP contribution in [0.15, 0.2) is 17.3 Å². The number of aromatic amines is 1. The Morgan fingerprint density at radius 2 is 2.00 bits per heavy atom. The van der Waals surface area contributed by atoms with Gasteiger partial charge in [-0.2, -0.15) is 0 Å². The first-order valence-corrected chi connectivity index (χ1v) is 9.75. The molecule has 8 nitrogen and oxygen atoms in total. The lowest BCUT2D eigenvalue weighted by Gasteiger charge is -2.35. The Bertz CT molecular complexity index is 1170. The zero-order valence-electron chi connectivity index (χ0n) is 15.4. The molecule has 2 aromatic heterocycles. The third-order valence-corrected chi connectivity index (χ3v) is 6.11. The van der Waals surface area contributed by atoms with E-state index in [0.717, 1.165) is 44.7 Å². The average molecular weight is 402 g/mol. The number of nitrogens with one attached hydrogen (secondary N) is 1. The molecule has 0 radical (unpaired) electrons. The number of carboxylic acid groups (broad SMARTS) is 1. The lowest BCUT2D eigenvalue weighted by atomic mass is 10.1. The second kappa shape index (κ2) is 6.22. The molecule has 1 saturated heterocycles. The number of halogens is 1. The fraction of sp³-hybridized carbons (Fsp3) is 0.421. The number of aromatic carboxylic acids is 1. The maximum Gasteiger partial charge on any atom is 0.341 e. The van der Waals surface area contributed by atoms with Crippen LogP contribution in [0.3, 0.4) is 0 Å². The van der Waals surface area contributed by atoms with Crippen LogP contribution in [0.2, 0.25) is 5.02 Å². The second-order valence-electron chi connectivity index (χ2n) is 7.62. The predicted octanol–water partition coefficient (Wildman–Crippen LogP) is 2.32. The molecule has 146 valence electrons. The van der Waals surface area contributed by atoms with E-state index in [1.54, 1.807) is 0 Å². The fourth-order valence-corrected chi connectivity index (χ4v) is 4.49. The summed E-state index contributed by atoms with van der Waals surface area (Å²) in [7, 11) is 2.09. The Kier molecular flexibility index (Phi) is 3.89. The van der Waals surface area contributed by atoms with Crippen LogP contribution in [-0.2, 0) is 0 Å². The van der Waals surface area contributed by atoms with E-state index in [-0.39, 0.29) is 17.0 Å². The standard InChI is InChI=1S/C19H20ClN5O3/c1-23-4-6-24(7-5-23)17-13(20)16-12(14-15(17)22-9-21-14)18(26)11(19(27)28)8-25(16)10-2-3-10/h8-10H,2-7H2,1H3,(H,21,22)(H,27,28). The summed E-state index contributed by atoms with van der Waals surface area (Å²) >= 11 is 6.92. The summed E-state index contributed by atoms with van der Waals surface area (Å²) in [5.41, 5.74) is 1.81. The van der Waals surface area contributed by atoms with Crippen LogP contribution in [0.1, 0.15) is 29.2 Å². The quantitative estimate of drug-likeness (QED) is 0.699. The zero-order chi connectivity index (χ0) is 19.6. The molecule has 3 heterocycles. The second-order valence-corrected chi connectivity index (χ2v) is 8.00. The van der Waals surface area contributed by atoms with E-state index in [1.807, 2.05) is 4.57 Å². The van der Waals surface area contributed by atoms with Crippen molar-refractivity contribution in [3.8, 4) is 0 Å². The van der Waals surface area contributed by atoms with E-state index < -0.39 is 11.4 Å². The van der Waals surface area contributed by atoms with E-state index in [9.17, 15) is 14.7 Å². The average Bonchev–Trinajstić information content (AvgIpc) is 3.40. The lowest BCUT2D eigenvalue weighted by molar-refractivity contribution is 0.0695. The van der Waals surface area contributed by atoms with Crippen molar-refractivity contribution < 1.29 is 9.90 Å². The zero-order valence-corrected chi connectivity index (χ0v) is 16.2. The molecule has 9 heteroatoms. The Morgan fingerprint density at radius 1 is 1.29 bits per heavy atom. The van der Waals surface area contributed by atoms with Crippen molar-refractivity contribution in [1.29, 1.82) is 0 Å². The smallest absolute Gasteiger partial charge is 0.341 e. The number of benzene rings is 1. The van der Waals surface area contributed by atoms with Gasteiger partial charge in [0.05, 0.1) is 33.5 Å². The number of rotatable bonds is 3. The molecule has 3 aromatic rings. The van der Waals surface area contributed by atoms with E-state index in [2.05, 4.69) is 26.8 Å². The van der Waals surface area contributed by atoms with Crippen molar-refractivity contribution >= 4 is 45.2 Å². The van der Waals surface area contributed by atoms with E-state index >= 15 is 0 Å². The van der Waals surface area contributed by atoms with Crippen LogP contribution in [0, 0.1) is 0 Å². The molecule has 28 heavy (non-hydrogen) atoms. The van der Waals surface area contributed by atoms with Gasteiger partial charge >= 0.3 is 5.97 Å². The number of fused-ring (bicyclic) bond motifs is 3. The number of hydrogen-bond acceptors (Lipinski definition) is 5. The molecule has 0 amide bonds. The minimum Gasteiger partial charge on any atom is -0.477 e. The number of carbonyl (C=O) groups is 1. The summed E-state index contributed by atoms with van der Waals surface area (Å²) in [5.74, 6) is -1.23. The van der Waals surface area contributed by atoms with Gasteiger partial charge in [0.1, 0.15) is 11.1 Å². The Hall–Kier alpha value is -2.58. The van der Waals surface area contributed by atoms with Crippen LogP contribution in [0.4, 0.5) is 5.69 Å². The molecule has 5 rings (SSSR count). The molecule has 0 bridgehead atoms. The Balaban J connectivity index is 1.88. The molecule has 0 atom stereocenters. The molecule has 1 aliphatic heterocycles. The normalized spacial score (nSPS) is 18.3. The number of likely N-dealkylation sites (N-methyl/N-ethyl adjacent to an activating group) is 1. The summed E-state index contributed by atoms with van der Waals surface area (Å²) in [6.45, 7) is 3.46. The maximum absolute atomic E-state index is 13.0. The Morgan fingerprint density at radius 3 is 2.64 bits per heavy atom. The van der Waals surface area contributed by atoms with Crippen molar-refractivity contribution in [1.82, 2.24) is 19.4 Å². The van der Waals surface area contributed by atoms with Crippen molar-refractivity contribution in [3.63, 3.8) is 0 Å². The fourth-order valence-electron chi connectivity index (χ4n) is 4.08. The first kappa shape index (κ1) is 17.5. The van der Waals surface area contributed by atoms with Crippen LogP contribution in [-0.4, -0.2) is 63.7 Å². The van der Waals surface area contributed by atoms with Gasteiger partial charge in [0.2, 0.25) is 5.43 Å². The molecule has 2 fully saturated rings. The Labute approximate surface area is 165 Å². The lowest BCUT2D eigenvalue weighted by Crippen LogP contribution is -2.44. The van der Waals surface area contributed by atoms with Crippen molar-refractivity contribution in [2.45, 2.75) is 18.9 Å². The largest absolute Gasteiger partial charge is 0.477 e. The third-order valence-electron chi connectivity index (χ3n) is 5.75.